The predicted octanol–water partition coefficient (Wildman–Crippen LogP) is 3.45. The number of hydrogen-bond donors (Lipinski definition) is 0. The molecule has 0 aliphatic rings. The van der Waals surface area contributed by atoms with Crippen LogP contribution in [0.3, 0.4) is 0 Å². The number of carbonyl (C=O) groups excluding carboxylic acids is 1. The molecule has 0 bridgehead atoms. The summed E-state index contributed by atoms with van der Waals surface area (Å²) in [6, 6.07) is 13.0. The van der Waals surface area contributed by atoms with E-state index in [1.807, 2.05) is 0 Å². The quantitative estimate of drug-likeness (QED) is 0.486. The van der Waals surface area contributed by atoms with Crippen molar-refractivity contribution >= 4 is 12.0 Å². The van der Waals surface area contributed by atoms with E-state index in [2.05, 4.69) is 0 Å². The molecular formula is C16H13FO3. The Morgan fingerprint density at radius 2 is 1.70 bits per heavy atom. The zero-order valence-electron chi connectivity index (χ0n) is 10.9. The van der Waals surface area contributed by atoms with E-state index < -0.39 is 11.8 Å². The first-order valence-corrected chi connectivity index (χ1v) is 5.98. The molecule has 0 aliphatic carbocycles. The Morgan fingerprint density at radius 3 is 2.40 bits per heavy atom. The first-order valence-electron chi connectivity index (χ1n) is 5.98. The Kier molecular flexibility index (Phi) is 4.50. The summed E-state index contributed by atoms with van der Waals surface area (Å²) in [5.74, 6) is -0.218. The second-order valence-corrected chi connectivity index (χ2v) is 3.93. The number of carbonyl (C=O) groups is 1. The highest BCUT2D eigenvalue weighted by Gasteiger charge is 2.06. The molecule has 2 aromatic carbocycles. The molecule has 102 valence electrons. The Balaban J connectivity index is 2.08. The summed E-state index contributed by atoms with van der Waals surface area (Å²) < 4.78 is 23.6. The van der Waals surface area contributed by atoms with Gasteiger partial charge in [-0.05, 0) is 24.3 Å². The van der Waals surface area contributed by atoms with Crippen LogP contribution in [-0.4, -0.2) is 13.1 Å². The van der Waals surface area contributed by atoms with E-state index in [0.717, 1.165) is 0 Å². The minimum Gasteiger partial charge on any atom is -0.493 e. The standard InChI is InChI=1S/C16H13FO3/c1-19-14-8-4-5-9-15(14)20-16(18)11-10-12-6-2-3-7-13(12)17/h2-11H,1H3/b11-10+. The van der Waals surface area contributed by atoms with Crippen LogP contribution in [0.4, 0.5) is 4.39 Å². The monoisotopic (exact) mass is 272 g/mol. The zero-order chi connectivity index (χ0) is 14.4. The molecule has 0 atom stereocenters. The smallest absolute Gasteiger partial charge is 0.336 e. The highest BCUT2D eigenvalue weighted by molar-refractivity contribution is 5.89. The predicted molar refractivity (Wildman–Crippen MR) is 74.1 cm³/mol. The normalized spacial score (nSPS) is 10.5. The summed E-state index contributed by atoms with van der Waals surface area (Å²) in [6.45, 7) is 0. The molecule has 0 heterocycles. The number of esters is 1. The first kappa shape index (κ1) is 13.8. The van der Waals surface area contributed by atoms with Crippen molar-refractivity contribution in [1.82, 2.24) is 0 Å². The van der Waals surface area contributed by atoms with Crippen molar-refractivity contribution in [2.24, 2.45) is 0 Å². The molecule has 0 saturated carbocycles. The van der Waals surface area contributed by atoms with Crippen LogP contribution < -0.4 is 9.47 Å². The molecule has 20 heavy (non-hydrogen) atoms. The van der Waals surface area contributed by atoms with Gasteiger partial charge in [-0.1, -0.05) is 30.3 Å². The van der Waals surface area contributed by atoms with Crippen LogP contribution in [0.15, 0.2) is 54.6 Å². The zero-order valence-corrected chi connectivity index (χ0v) is 10.9. The summed E-state index contributed by atoms with van der Waals surface area (Å²) in [6.07, 6.45) is 2.54. The molecule has 4 heteroatoms. The maximum atomic E-state index is 13.4. The van der Waals surface area contributed by atoms with Gasteiger partial charge >= 0.3 is 5.97 Å². The number of para-hydroxylation sites is 2. The van der Waals surface area contributed by atoms with Crippen LogP contribution in [0.1, 0.15) is 5.56 Å². The average Bonchev–Trinajstić information content (AvgIpc) is 2.47. The molecule has 0 radical (unpaired) electrons. The molecule has 0 spiro atoms. The Morgan fingerprint density at radius 1 is 1.05 bits per heavy atom. The van der Waals surface area contributed by atoms with Gasteiger partial charge in [0.25, 0.3) is 0 Å². The number of ether oxygens (including phenoxy) is 2. The summed E-state index contributed by atoms with van der Waals surface area (Å²) in [5.41, 5.74) is 0.324. The maximum absolute atomic E-state index is 13.4. The second-order valence-electron chi connectivity index (χ2n) is 3.93. The topological polar surface area (TPSA) is 35.5 Å². The van der Waals surface area contributed by atoms with Crippen LogP contribution in [-0.2, 0) is 4.79 Å². The molecule has 0 aromatic heterocycles. The molecule has 3 nitrogen and oxygen atoms in total. The van der Waals surface area contributed by atoms with E-state index in [-0.39, 0.29) is 0 Å². The fourth-order valence-electron chi connectivity index (χ4n) is 1.61. The van der Waals surface area contributed by atoms with E-state index in [0.29, 0.717) is 17.1 Å². The molecule has 0 amide bonds. The lowest BCUT2D eigenvalue weighted by molar-refractivity contribution is -0.129. The van der Waals surface area contributed by atoms with Gasteiger partial charge in [-0.25, -0.2) is 9.18 Å². The lowest BCUT2D eigenvalue weighted by atomic mass is 10.2. The number of methoxy groups -OCH3 is 1. The number of rotatable bonds is 4. The molecular weight excluding hydrogens is 259 g/mol. The van der Waals surface area contributed by atoms with E-state index in [1.54, 1.807) is 42.5 Å². The lowest BCUT2D eigenvalue weighted by Gasteiger charge is -2.06. The van der Waals surface area contributed by atoms with Gasteiger partial charge in [-0.15, -0.1) is 0 Å². The van der Waals surface area contributed by atoms with E-state index >= 15 is 0 Å². The van der Waals surface area contributed by atoms with Crippen LogP contribution in [0, 0.1) is 5.82 Å². The Bertz CT molecular complexity index is 635. The number of benzene rings is 2. The van der Waals surface area contributed by atoms with Gasteiger partial charge in [-0.2, -0.15) is 0 Å². The van der Waals surface area contributed by atoms with E-state index in [9.17, 15) is 9.18 Å². The SMILES string of the molecule is COc1ccccc1OC(=O)/C=C/c1ccccc1F. The average molecular weight is 272 g/mol. The third-order valence-corrected chi connectivity index (χ3v) is 2.58. The van der Waals surface area contributed by atoms with Crippen molar-refractivity contribution in [1.29, 1.82) is 0 Å². The Hall–Kier alpha value is -2.62. The molecule has 0 fully saturated rings. The van der Waals surface area contributed by atoms with E-state index in [1.165, 1.54) is 25.3 Å². The van der Waals surface area contributed by atoms with Gasteiger partial charge in [0.05, 0.1) is 7.11 Å². The summed E-state index contributed by atoms with van der Waals surface area (Å²) in [7, 11) is 1.49. The summed E-state index contributed by atoms with van der Waals surface area (Å²) in [4.78, 5) is 11.7. The van der Waals surface area contributed by atoms with Crippen molar-refractivity contribution in [2.75, 3.05) is 7.11 Å². The molecule has 0 aliphatic heterocycles. The first-order chi connectivity index (χ1) is 9.70. The second kappa shape index (κ2) is 6.52. The highest BCUT2D eigenvalue weighted by atomic mass is 19.1. The van der Waals surface area contributed by atoms with Crippen LogP contribution in [0.5, 0.6) is 11.5 Å². The highest BCUT2D eigenvalue weighted by Crippen LogP contribution is 2.25. The molecule has 0 unspecified atom stereocenters. The number of hydrogen-bond acceptors (Lipinski definition) is 3. The molecule has 2 rings (SSSR count). The van der Waals surface area contributed by atoms with Gasteiger partial charge in [0, 0.05) is 11.6 Å². The largest absolute Gasteiger partial charge is 0.493 e. The molecule has 2 aromatic rings. The fourth-order valence-corrected chi connectivity index (χ4v) is 1.61. The van der Waals surface area contributed by atoms with Gasteiger partial charge in [0.2, 0.25) is 0 Å². The minimum atomic E-state index is -0.599. The van der Waals surface area contributed by atoms with Crippen molar-refractivity contribution in [3.63, 3.8) is 0 Å². The third-order valence-electron chi connectivity index (χ3n) is 2.58. The molecule has 0 N–H and O–H groups in total. The van der Waals surface area contributed by atoms with Gasteiger partial charge < -0.3 is 9.47 Å². The fraction of sp³-hybridized carbons (Fsp3) is 0.0625. The van der Waals surface area contributed by atoms with E-state index in [4.69, 9.17) is 9.47 Å². The van der Waals surface area contributed by atoms with Gasteiger partial charge in [-0.3, -0.25) is 0 Å². The number of halogens is 1. The van der Waals surface area contributed by atoms with Crippen molar-refractivity contribution < 1.29 is 18.7 Å². The molecule has 0 saturated heterocycles. The van der Waals surface area contributed by atoms with Crippen molar-refractivity contribution in [3.05, 3.63) is 66.0 Å². The van der Waals surface area contributed by atoms with Crippen molar-refractivity contribution in [3.8, 4) is 11.5 Å². The lowest BCUT2D eigenvalue weighted by Crippen LogP contribution is -2.04. The van der Waals surface area contributed by atoms with Crippen LogP contribution >= 0.6 is 0 Å². The Labute approximate surface area is 116 Å². The summed E-state index contributed by atoms with van der Waals surface area (Å²) in [5, 5.41) is 0. The van der Waals surface area contributed by atoms with Crippen LogP contribution in [0.2, 0.25) is 0 Å². The minimum absolute atomic E-state index is 0.318. The van der Waals surface area contributed by atoms with Gasteiger partial charge in [0.1, 0.15) is 5.82 Å². The van der Waals surface area contributed by atoms with Crippen molar-refractivity contribution in [2.45, 2.75) is 0 Å². The third kappa shape index (κ3) is 3.45. The van der Waals surface area contributed by atoms with Crippen LogP contribution in [0.25, 0.3) is 6.08 Å². The van der Waals surface area contributed by atoms with Gasteiger partial charge in [0.15, 0.2) is 11.5 Å². The maximum Gasteiger partial charge on any atom is 0.336 e. The summed E-state index contributed by atoms with van der Waals surface area (Å²) >= 11 is 0.